The Morgan fingerprint density at radius 3 is 3.06 bits per heavy atom. The van der Waals surface area contributed by atoms with E-state index in [2.05, 4.69) is 16.3 Å². The average Bonchev–Trinajstić information content (AvgIpc) is 2.82. The van der Waals surface area contributed by atoms with Crippen LogP contribution in [0, 0.1) is 0 Å². The van der Waals surface area contributed by atoms with Crippen LogP contribution >= 0.6 is 11.6 Å². The standard InChI is InChI=1S/C13H11ClN2O2/c14-12-7-10(17)13(16-15-12)18-11-6-2-4-8-3-1-5-9(8)11/h2,4,6-7H,1,3,5H2,(H,15,17). The van der Waals surface area contributed by atoms with Crippen molar-refractivity contribution in [3.63, 3.8) is 0 Å². The van der Waals surface area contributed by atoms with Gasteiger partial charge < -0.3 is 4.74 Å². The molecule has 0 unspecified atom stereocenters. The van der Waals surface area contributed by atoms with Crippen LogP contribution in [0.2, 0.25) is 5.15 Å². The van der Waals surface area contributed by atoms with Gasteiger partial charge in [0.2, 0.25) is 5.43 Å². The van der Waals surface area contributed by atoms with Crippen molar-refractivity contribution in [1.29, 1.82) is 0 Å². The molecule has 0 atom stereocenters. The second-order valence-electron chi connectivity index (χ2n) is 4.23. The number of aryl methyl sites for hydroxylation is 1. The molecule has 92 valence electrons. The molecule has 1 aromatic carbocycles. The molecule has 3 rings (SSSR count). The smallest absolute Gasteiger partial charge is 0.285 e. The molecule has 5 heteroatoms. The van der Waals surface area contributed by atoms with Crippen LogP contribution in [-0.4, -0.2) is 10.2 Å². The Hall–Kier alpha value is -1.81. The van der Waals surface area contributed by atoms with Crippen LogP contribution < -0.4 is 10.2 Å². The first-order valence-corrected chi connectivity index (χ1v) is 6.16. The number of nitrogens with one attached hydrogen (secondary N) is 1. The predicted octanol–water partition coefficient (Wildman–Crippen LogP) is 2.70. The SMILES string of the molecule is O=c1cc(Cl)[nH]nc1Oc1cccc2c1CCC2. The largest absolute Gasteiger partial charge is 0.434 e. The Labute approximate surface area is 109 Å². The van der Waals surface area contributed by atoms with Crippen molar-refractivity contribution in [1.82, 2.24) is 10.2 Å². The van der Waals surface area contributed by atoms with E-state index in [9.17, 15) is 4.79 Å². The third kappa shape index (κ3) is 1.99. The number of hydrogen-bond donors (Lipinski definition) is 1. The lowest BCUT2D eigenvalue weighted by Gasteiger charge is -2.08. The number of hydrogen-bond acceptors (Lipinski definition) is 3. The molecular weight excluding hydrogens is 252 g/mol. The van der Waals surface area contributed by atoms with E-state index in [-0.39, 0.29) is 16.5 Å². The molecule has 1 aliphatic carbocycles. The molecule has 4 nitrogen and oxygen atoms in total. The third-order valence-electron chi connectivity index (χ3n) is 3.04. The number of halogens is 1. The average molecular weight is 263 g/mol. The summed E-state index contributed by atoms with van der Waals surface area (Å²) in [6, 6.07) is 7.14. The van der Waals surface area contributed by atoms with Gasteiger partial charge in [-0.25, -0.2) is 0 Å². The number of ether oxygens (including phenoxy) is 1. The monoisotopic (exact) mass is 262 g/mol. The van der Waals surface area contributed by atoms with Crippen LogP contribution in [0.15, 0.2) is 29.1 Å². The maximum absolute atomic E-state index is 11.7. The molecule has 0 saturated heterocycles. The van der Waals surface area contributed by atoms with E-state index < -0.39 is 0 Å². The van der Waals surface area contributed by atoms with Crippen LogP contribution in [0.4, 0.5) is 0 Å². The topological polar surface area (TPSA) is 55.0 Å². The molecule has 0 fully saturated rings. The van der Waals surface area contributed by atoms with Crippen LogP contribution in [-0.2, 0) is 12.8 Å². The molecule has 0 amide bonds. The number of benzene rings is 1. The Bertz CT molecular complexity index is 652. The Balaban J connectivity index is 1.98. The van der Waals surface area contributed by atoms with Crippen molar-refractivity contribution < 1.29 is 4.74 Å². The van der Waals surface area contributed by atoms with E-state index >= 15 is 0 Å². The molecule has 1 heterocycles. The van der Waals surface area contributed by atoms with Gasteiger partial charge in [0.25, 0.3) is 5.88 Å². The van der Waals surface area contributed by atoms with E-state index in [1.54, 1.807) is 0 Å². The van der Waals surface area contributed by atoms with Gasteiger partial charge in [0, 0.05) is 6.07 Å². The molecule has 1 aliphatic rings. The number of aromatic nitrogens is 2. The van der Waals surface area contributed by atoms with Crippen LogP contribution in [0.1, 0.15) is 17.5 Å². The number of H-pyrrole nitrogens is 1. The fourth-order valence-corrected chi connectivity index (χ4v) is 2.37. The third-order valence-corrected chi connectivity index (χ3v) is 3.24. The highest BCUT2D eigenvalue weighted by atomic mass is 35.5. The van der Waals surface area contributed by atoms with Crippen LogP contribution in [0.3, 0.4) is 0 Å². The molecule has 0 spiro atoms. The van der Waals surface area contributed by atoms with E-state index in [0.29, 0.717) is 5.75 Å². The summed E-state index contributed by atoms with van der Waals surface area (Å²) in [7, 11) is 0. The van der Waals surface area contributed by atoms with E-state index in [4.69, 9.17) is 16.3 Å². The van der Waals surface area contributed by atoms with E-state index in [1.165, 1.54) is 17.2 Å². The first-order valence-electron chi connectivity index (χ1n) is 5.78. The predicted molar refractivity (Wildman–Crippen MR) is 68.4 cm³/mol. The number of rotatable bonds is 2. The summed E-state index contributed by atoms with van der Waals surface area (Å²) in [5.74, 6) is 0.741. The van der Waals surface area contributed by atoms with E-state index in [0.717, 1.165) is 19.3 Å². The van der Waals surface area contributed by atoms with Crippen molar-refractivity contribution in [2.45, 2.75) is 19.3 Å². The number of fused-ring (bicyclic) bond motifs is 1. The van der Waals surface area contributed by atoms with Gasteiger partial charge in [-0.2, -0.15) is 0 Å². The summed E-state index contributed by atoms with van der Waals surface area (Å²) in [5, 5.41) is 6.53. The summed E-state index contributed by atoms with van der Waals surface area (Å²) >= 11 is 5.64. The highest BCUT2D eigenvalue weighted by Crippen LogP contribution is 2.32. The van der Waals surface area contributed by atoms with Crippen molar-refractivity contribution >= 4 is 11.6 Å². The highest BCUT2D eigenvalue weighted by molar-refractivity contribution is 6.29. The Morgan fingerprint density at radius 1 is 1.33 bits per heavy atom. The molecule has 1 N–H and O–H groups in total. The summed E-state index contributed by atoms with van der Waals surface area (Å²) < 4.78 is 5.59. The zero-order valence-corrected chi connectivity index (χ0v) is 10.3. The Morgan fingerprint density at radius 2 is 2.22 bits per heavy atom. The lowest BCUT2D eigenvalue weighted by Crippen LogP contribution is -2.08. The first-order chi connectivity index (χ1) is 8.74. The molecule has 18 heavy (non-hydrogen) atoms. The van der Waals surface area contributed by atoms with Crippen molar-refractivity contribution in [3.8, 4) is 11.6 Å². The summed E-state index contributed by atoms with van der Waals surface area (Å²) in [4.78, 5) is 11.7. The minimum absolute atomic E-state index is 0.0275. The molecule has 0 bridgehead atoms. The normalized spacial score (nSPS) is 13.4. The van der Waals surface area contributed by atoms with Gasteiger partial charge in [0.05, 0.1) is 0 Å². The zero-order chi connectivity index (χ0) is 12.5. The first kappa shape index (κ1) is 11.3. The van der Waals surface area contributed by atoms with Gasteiger partial charge in [0.1, 0.15) is 10.9 Å². The van der Waals surface area contributed by atoms with Gasteiger partial charge in [-0.1, -0.05) is 23.7 Å². The maximum atomic E-state index is 11.7. The number of aromatic amines is 1. The summed E-state index contributed by atoms with van der Waals surface area (Å²) in [6.45, 7) is 0. The fourth-order valence-electron chi connectivity index (χ4n) is 2.23. The Kier molecular flexibility index (Phi) is 2.80. The van der Waals surface area contributed by atoms with Gasteiger partial charge in [-0.3, -0.25) is 9.89 Å². The lowest BCUT2D eigenvalue weighted by atomic mass is 10.1. The molecule has 0 aliphatic heterocycles. The van der Waals surface area contributed by atoms with Gasteiger partial charge in [-0.05, 0) is 36.5 Å². The fraction of sp³-hybridized carbons (Fsp3) is 0.231. The van der Waals surface area contributed by atoms with Gasteiger partial charge in [-0.15, -0.1) is 5.10 Å². The molecule has 0 radical (unpaired) electrons. The van der Waals surface area contributed by atoms with Crippen molar-refractivity contribution in [2.75, 3.05) is 0 Å². The van der Waals surface area contributed by atoms with Crippen LogP contribution in [0.5, 0.6) is 11.6 Å². The molecular formula is C13H11ClN2O2. The van der Waals surface area contributed by atoms with Crippen LogP contribution in [0.25, 0.3) is 0 Å². The van der Waals surface area contributed by atoms with E-state index in [1.807, 2.05) is 12.1 Å². The number of nitrogens with zero attached hydrogens (tertiary/aromatic N) is 1. The summed E-state index contributed by atoms with van der Waals surface area (Å²) in [5.41, 5.74) is 2.14. The van der Waals surface area contributed by atoms with Gasteiger partial charge in [0.15, 0.2) is 0 Å². The maximum Gasteiger partial charge on any atom is 0.285 e. The van der Waals surface area contributed by atoms with Crippen molar-refractivity contribution in [2.24, 2.45) is 0 Å². The summed E-state index contributed by atoms with van der Waals surface area (Å²) in [6.07, 6.45) is 3.17. The quantitative estimate of drug-likeness (QED) is 0.905. The molecule has 2 aromatic rings. The molecule has 0 saturated carbocycles. The van der Waals surface area contributed by atoms with Gasteiger partial charge >= 0.3 is 0 Å². The highest BCUT2D eigenvalue weighted by Gasteiger charge is 2.16. The lowest BCUT2D eigenvalue weighted by molar-refractivity contribution is 0.445. The minimum atomic E-state index is -0.325. The second kappa shape index (κ2) is 4.46. The zero-order valence-electron chi connectivity index (χ0n) is 9.57. The minimum Gasteiger partial charge on any atom is -0.434 e. The molecule has 1 aromatic heterocycles. The second-order valence-corrected chi connectivity index (χ2v) is 4.64. The van der Waals surface area contributed by atoms with Crippen molar-refractivity contribution in [3.05, 3.63) is 50.8 Å².